The number of aromatic nitrogens is 4. The Hall–Kier alpha value is -1.85. The van der Waals surface area contributed by atoms with E-state index in [-0.39, 0.29) is 11.5 Å². The van der Waals surface area contributed by atoms with Crippen molar-refractivity contribution in [2.75, 3.05) is 5.73 Å². The van der Waals surface area contributed by atoms with E-state index in [1.54, 1.807) is 0 Å². The lowest BCUT2D eigenvalue weighted by Gasteiger charge is -1.81. The third-order valence-electron chi connectivity index (χ3n) is 1.31. The van der Waals surface area contributed by atoms with Crippen LogP contribution in [0.2, 0.25) is 0 Å². The molecule has 0 fully saturated rings. The van der Waals surface area contributed by atoms with E-state index in [2.05, 4.69) is 19.9 Å². The summed E-state index contributed by atoms with van der Waals surface area (Å²) in [4.78, 5) is 23.5. The van der Waals surface area contributed by atoms with Crippen LogP contribution in [0.15, 0.2) is 11.1 Å². The number of hydrogen-bond acceptors (Lipinski definition) is 4. The van der Waals surface area contributed by atoms with Gasteiger partial charge in [-0.2, -0.15) is 4.98 Å². The minimum Gasteiger partial charge on any atom is -0.369 e. The summed E-state index contributed by atoms with van der Waals surface area (Å²) in [5.41, 5.74) is 5.68. The largest absolute Gasteiger partial charge is 0.369 e. The van der Waals surface area contributed by atoms with E-state index in [0.29, 0.717) is 11.2 Å². The highest BCUT2D eigenvalue weighted by Crippen LogP contribution is 2.01. The molecule has 0 saturated carbocycles. The Labute approximate surface area is 60.5 Å². The molecule has 0 aliphatic rings. The average Bonchev–Trinajstić information content (AvgIpc) is 2.31. The van der Waals surface area contributed by atoms with Crippen molar-refractivity contribution >= 4 is 17.1 Å². The SMILES string of the molecule is Nc1nc2nc[nH]c(=O)c2[nH]1. The van der Waals surface area contributed by atoms with Crippen LogP contribution >= 0.6 is 0 Å². The van der Waals surface area contributed by atoms with E-state index in [9.17, 15) is 4.79 Å². The maximum Gasteiger partial charge on any atom is 0.276 e. The summed E-state index contributed by atoms with van der Waals surface area (Å²) < 4.78 is 0. The lowest BCUT2D eigenvalue weighted by molar-refractivity contribution is 1.15. The van der Waals surface area contributed by atoms with Crippen molar-refractivity contribution in [1.29, 1.82) is 0 Å². The molecule has 0 unspecified atom stereocenters. The molecule has 2 rings (SSSR count). The van der Waals surface area contributed by atoms with E-state index in [4.69, 9.17) is 5.73 Å². The van der Waals surface area contributed by atoms with E-state index in [1.165, 1.54) is 6.33 Å². The van der Waals surface area contributed by atoms with E-state index in [1.807, 2.05) is 0 Å². The molecule has 0 saturated heterocycles. The van der Waals surface area contributed by atoms with Gasteiger partial charge in [0.05, 0.1) is 6.33 Å². The molecule has 0 spiro atoms. The summed E-state index contributed by atoms with van der Waals surface area (Å²) in [6.45, 7) is 0. The van der Waals surface area contributed by atoms with E-state index >= 15 is 0 Å². The Morgan fingerprint density at radius 3 is 3.09 bits per heavy atom. The van der Waals surface area contributed by atoms with Gasteiger partial charge in [-0.15, -0.1) is 0 Å². The highest BCUT2D eigenvalue weighted by molar-refractivity contribution is 5.70. The molecule has 0 bridgehead atoms. The molecule has 0 aliphatic carbocycles. The molecule has 2 aromatic rings. The highest BCUT2D eigenvalue weighted by atomic mass is 16.1. The van der Waals surface area contributed by atoms with Crippen LogP contribution in [0.25, 0.3) is 11.2 Å². The number of aromatic amines is 2. The molecule has 6 nitrogen and oxygen atoms in total. The fourth-order valence-electron chi connectivity index (χ4n) is 0.858. The van der Waals surface area contributed by atoms with Gasteiger partial charge in [-0.05, 0) is 0 Å². The van der Waals surface area contributed by atoms with Crippen LogP contribution in [-0.2, 0) is 0 Å². The number of nitrogen functional groups attached to an aromatic ring is 1. The minimum absolute atomic E-state index is 0.198. The van der Waals surface area contributed by atoms with Gasteiger partial charge in [0.2, 0.25) is 0 Å². The van der Waals surface area contributed by atoms with Crippen molar-refractivity contribution in [3.8, 4) is 0 Å². The van der Waals surface area contributed by atoms with E-state index in [0.717, 1.165) is 0 Å². The predicted molar refractivity (Wildman–Crippen MR) is 38.9 cm³/mol. The van der Waals surface area contributed by atoms with Gasteiger partial charge in [-0.1, -0.05) is 0 Å². The Morgan fingerprint density at radius 1 is 1.55 bits per heavy atom. The monoisotopic (exact) mass is 151 g/mol. The van der Waals surface area contributed by atoms with Gasteiger partial charge < -0.3 is 15.7 Å². The normalized spacial score (nSPS) is 10.5. The van der Waals surface area contributed by atoms with Crippen molar-refractivity contribution in [2.24, 2.45) is 0 Å². The number of imidazole rings is 1. The van der Waals surface area contributed by atoms with Crippen LogP contribution in [0.1, 0.15) is 0 Å². The van der Waals surface area contributed by atoms with Gasteiger partial charge in [-0.25, -0.2) is 4.98 Å². The minimum atomic E-state index is -0.265. The summed E-state index contributed by atoms with van der Waals surface area (Å²) in [5, 5.41) is 0. The molecule has 4 N–H and O–H groups in total. The van der Waals surface area contributed by atoms with Crippen LogP contribution in [-0.4, -0.2) is 19.9 Å². The van der Waals surface area contributed by atoms with Gasteiger partial charge in [0.25, 0.3) is 5.56 Å². The highest BCUT2D eigenvalue weighted by Gasteiger charge is 2.02. The van der Waals surface area contributed by atoms with Crippen LogP contribution in [0.3, 0.4) is 0 Å². The lowest BCUT2D eigenvalue weighted by Crippen LogP contribution is -2.05. The van der Waals surface area contributed by atoms with Gasteiger partial charge in [0.1, 0.15) is 0 Å². The molecule has 0 radical (unpaired) electrons. The molecule has 0 aromatic carbocycles. The number of nitrogens with zero attached hydrogens (tertiary/aromatic N) is 2. The van der Waals surface area contributed by atoms with Crippen molar-refractivity contribution in [1.82, 2.24) is 19.9 Å². The Bertz CT molecular complexity index is 441. The zero-order valence-corrected chi connectivity index (χ0v) is 5.46. The van der Waals surface area contributed by atoms with Gasteiger partial charge in [-0.3, -0.25) is 4.79 Å². The summed E-state index contributed by atoms with van der Waals surface area (Å²) in [5.74, 6) is 0.198. The maximum atomic E-state index is 11.0. The van der Waals surface area contributed by atoms with Crippen LogP contribution in [0.5, 0.6) is 0 Å². The molecule has 0 atom stereocenters. The van der Waals surface area contributed by atoms with Gasteiger partial charge >= 0.3 is 0 Å². The second-order valence-corrected chi connectivity index (χ2v) is 2.05. The van der Waals surface area contributed by atoms with Gasteiger partial charge in [0.15, 0.2) is 17.1 Å². The number of nitrogens with one attached hydrogen (secondary N) is 2. The fraction of sp³-hybridized carbons (Fsp3) is 0. The first-order valence-electron chi connectivity index (χ1n) is 2.96. The van der Waals surface area contributed by atoms with Crippen molar-refractivity contribution in [3.05, 3.63) is 16.7 Å². The molecule has 56 valence electrons. The number of nitrogens with two attached hydrogens (primary N) is 1. The van der Waals surface area contributed by atoms with E-state index < -0.39 is 0 Å². The van der Waals surface area contributed by atoms with Crippen LogP contribution in [0.4, 0.5) is 5.95 Å². The fourth-order valence-corrected chi connectivity index (χ4v) is 0.858. The maximum absolute atomic E-state index is 11.0. The predicted octanol–water partition coefficient (Wildman–Crippen LogP) is -0.772. The summed E-state index contributed by atoms with van der Waals surface area (Å²) in [7, 11) is 0. The summed E-state index contributed by atoms with van der Waals surface area (Å²) in [6, 6.07) is 0. The smallest absolute Gasteiger partial charge is 0.276 e. The van der Waals surface area contributed by atoms with Crippen molar-refractivity contribution in [2.45, 2.75) is 0 Å². The number of rotatable bonds is 0. The van der Waals surface area contributed by atoms with Crippen LogP contribution < -0.4 is 11.3 Å². The third-order valence-corrected chi connectivity index (χ3v) is 1.31. The molecule has 2 heterocycles. The number of H-pyrrole nitrogens is 2. The topological polar surface area (TPSA) is 100 Å². The number of fused-ring (bicyclic) bond motifs is 1. The first kappa shape index (κ1) is 5.90. The lowest BCUT2D eigenvalue weighted by atomic mass is 10.6. The third kappa shape index (κ3) is 0.759. The molecule has 0 aliphatic heterocycles. The Morgan fingerprint density at radius 2 is 2.36 bits per heavy atom. The zero-order chi connectivity index (χ0) is 7.84. The number of hydrogen-bond donors (Lipinski definition) is 3. The van der Waals surface area contributed by atoms with Crippen LogP contribution in [0, 0.1) is 0 Å². The second kappa shape index (κ2) is 1.82. The molecule has 0 amide bonds. The molecule has 6 heteroatoms. The van der Waals surface area contributed by atoms with Gasteiger partial charge in [0, 0.05) is 0 Å². The number of anilines is 1. The summed E-state index contributed by atoms with van der Waals surface area (Å²) >= 11 is 0. The zero-order valence-electron chi connectivity index (χ0n) is 5.46. The molecular formula is C5H5N5O. The molecular weight excluding hydrogens is 146 g/mol. The second-order valence-electron chi connectivity index (χ2n) is 2.05. The molecule has 11 heavy (non-hydrogen) atoms. The standard InChI is InChI=1S/C5H5N5O/c6-5-9-2-3(10-5)7-1-8-4(2)11/h1H,(H4,6,7,8,9,10,11). The quantitative estimate of drug-likeness (QED) is 0.460. The Balaban J connectivity index is 3.02. The first-order valence-corrected chi connectivity index (χ1v) is 2.96. The van der Waals surface area contributed by atoms with Crippen molar-refractivity contribution in [3.63, 3.8) is 0 Å². The Kier molecular flexibility index (Phi) is 0.974. The van der Waals surface area contributed by atoms with Crippen molar-refractivity contribution < 1.29 is 0 Å². The first-order chi connectivity index (χ1) is 5.27. The average molecular weight is 151 g/mol. The summed E-state index contributed by atoms with van der Waals surface area (Å²) in [6.07, 6.45) is 1.28. The molecule has 2 aromatic heterocycles.